The van der Waals surface area contributed by atoms with Crippen molar-refractivity contribution in [3.8, 4) is 0 Å². The van der Waals surface area contributed by atoms with Crippen LogP contribution in [0.4, 0.5) is 0 Å². The lowest BCUT2D eigenvalue weighted by Gasteiger charge is -2.29. The normalized spacial score (nSPS) is 16.9. The molecule has 1 saturated heterocycles. The van der Waals surface area contributed by atoms with Gasteiger partial charge >= 0.3 is 0 Å². The first-order valence-electron chi connectivity index (χ1n) is 11.1. The van der Waals surface area contributed by atoms with E-state index in [0.29, 0.717) is 47.4 Å². The van der Waals surface area contributed by atoms with Crippen LogP contribution in [-0.2, 0) is 16.6 Å². The average molecular weight is 447 g/mol. The molecule has 1 aromatic heterocycles. The number of rotatable bonds is 7. The van der Waals surface area contributed by atoms with Crippen LogP contribution in [0, 0.1) is 19.8 Å². The van der Waals surface area contributed by atoms with Gasteiger partial charge < -0.3 is 5.32 Å². The maximum absolute atomic E-state index is 13.3. The molecule has 1 amide bonds. The highest BCUT2D eigenvalue weighted by Crippen LogP contribution is 2.28. The SMILES string of the molecule is CC[C@@H](C)NC(=O)c1ccc(Cn2nc(C)c(S(=O)(=O)N3CCC(C)CC3)c2C)cc1. The number of hydrogen-bond donors (Lipinski definition) is 1. The molecule has 1 atom stereocenters. The Morgan fingerprint density at radius 2 is 1.81 bits per heavy atom. The van der Waals surface area contributed by atoms with Crippen LogP contribution >= 0.6 is 0 Å². The summed E-state index contributed by atoms with van der Waals surface area (Å²) < 4.78 is 29.9. The molecule has 0 spiro atoms. The van der Waals surface area contributed by atoms with E-state index in [-0.39, 0.29) is 11.9 Å². The molecule has 2 aromatic rings. The monoisotopic (exact) mass is 446 g/mol. The molecule has 170 valence electrons. The quantitative estimate of drug-likeness (QED) is 0.706. The Labute approximate surface area is 185 Å². The lowest BCUT2D eigenvalue weighted by atomic mass is 10.0. The molecule has 1 aromatic carbocycles. The zero-order valence-electron chi connectivity index (χ0n) is 19.2. The van der Waals surface area contributed by atoms with Gasteiger partial charge in [-0.25, -0.2) is 8.42 Å². The van der Waals surface area contributed by atoms with E-state index in [0.717, 1.165) is 24.8 Å². The van der Waals surface area contributed by atoms with Gasteiger partial charge in [0.05, 0.1) is 17.9 Å². The van der Waals surface area contributed by atoms with Crippen molar-refractivity contribution < 1.29 is 13.2 Å². The molecule has 0 radical (unpaired) electrons. The van der Waals surface area contributed by atoms with Gasteiger partial charge in [-0.2, -0.15) is 9.40 Å². The van der Waals surface area contributed by atoms with Crippen LogP contribution in [0.3, 0.4) is 0 Å². The number of carbonyl (C=O) groups excluding carboxylic acids is 1. The lowest BCUT2D eigenvalue weighted by Crippen LogP contribution is -2.38. The number of benzene rings is 1. The highest BCUT2D eigenvalue weighted by atomic mass is 32.2. The first-order valence-corrected chi connectivity index (χ1v) is 12.5. The van der Waals surface area contributed by atoms with Crippen LogP contribution in [0.25, 0.3) is 0 Å². The Kier molecular flexibility index (Phi) is 7.21. The average Bonchev–Trinajstić information content (AvgIpc) is 3.02. The fourth-order valence-corrected chi connectivity index (χ4v) is 5.75. The van der Waals surface area contributed by atoms with E-state index in [1.807, 2.05) is 32.9 Å². The van der Waals surface area contributed by atoms with Gasteiger partial charge in [0.1, 0.15) is 4.90 Å². The molecule has 8 heteroatoms. The summed E-state index contributed by atoms with van der Waals surface area (Å²) in [7, 11) is -3.55. The van der Waals surface area contributed by atoms with Crippen molar-refractivity contribution in [1.82, 2.24) is 19.4 Å². The van der Waals surface area contributed by atoms with E-state index >= 15 is 0 Å². The van der Waals surface area contributed by atoms with Crippen LogP contribution in [0.5, 0.6) is 0 Å². The summed E-state index contributed by atoms with van der Waals surface area (Å²) in [6.45, 7) is 11.3. The topological polar surface area (TPSA) is 84.3 Å². The van der Waals surface area contributed by atoms with Gasteiger partial charge in [0.15, 0.2) is 0 Å². The molecule has 0 saturated carbocycles. The Hall–Kier alpha value is -2.19. The molecule has 3 rings (SSSR count). The first-order chi connectivity index (χ1) is 14.6. The van der Waals surface area contributed by atoms with Crippen LogP contribution < -0.4 is 5.32 Å². The Morgan fingerprint density at radius 1 is 1.19 bits per heavy atom. The van der Waals surface area contributed by atoms with Crippen molar-refractivity contribution in [3.05, 3.63) is 46.8 Å². The molecule has 1 aliphatic rings. The van der Waals surface area contributed by atoms with Crippen LogP contribution in [0.15, 0.2) is 29.2 Å². The number of amides is 1. The van der Waals surface area contributed by atoms with Crippen molar-refractivity contribution >= 4 is 15.9 Å². The number of nitrogens with one attached hydrogen (secondary N) is 1. The van der Waals surface area contributed by atoms with Gasteiger partial charge in [-0.05, 0) is 63.6 Å². The maximum atomic E-state index is 13.3. The molecule has 0 unspecified atom stereocenters. The van der Waals surface area contributed by atoms with Crippen LogP contribution in [0.1, 0.15) is 67.3 Å². The van der Waals surface area contributed by atoms with E-state index in [2.05, 4.69) is 17.3 Å². The minimum absolute atomic E-state index is 0.0868. The van der Waals surface area contributed by atoms with Crippen LogP contribution in [-0.4, -0.2) is 47.5 Å². The lowest BCUT2D eigenvalue weighted by molar-refractivity contribution is 0.0939. The molecule has 0 bridgehead atoms. The number of aryl methyl sites for hydroxylation is 1. The second-order valence-electron chi connectivity index (χ2n) is 8.72. The Bertz CT molecular complexity index is 1020. The Balaban J connectivity index is 1.77. The molecule has 2 heterocycles. The maximum Gasteiger partial charge on any atom is 0.251 e. The van der Waals surface area contributed by atoms with E-state index in [1.165, 1.54) is 0 Å². The van der Waals surface area contributed by atoms with Gasteiger partial charge in [0, 0.05) is 24.7 Å². The third-order valence-electron chi connectivity index (χ3n) is 6.19. The third kappa shape index (κ3) is 5.18. The number of aromatic nitrogens is 2. The summed E-state index contributed by atoms with van der Waals surface area (Å²) in [5.41, 5.74) is 2.75. The van der Waals surface area contributed by atoms with Crippen molar-refractivity contribution in [2.45, 2.75) is 71.4 Å². The zero-order valence-corrected chi connectivity index (χ0v) is 20.0. The summed E-state index contributed by atoms with van der Waals surface area (Å²) in [5, 5.41) is 7.48. The van der Waals surface area contributed by atoms with Gasteiger partial charge in [0.2, 0.25) is 10.0 Å². The number of sulfonamides is 1. The molecule has 1 N–H and O–H groups in total. The second-order valence-corrected chi connectivity index (χ2v) is 10.6. The van der Waals surface area contributed by atoms with Gasteiger partial charge in [-0.3, -0.25) is 9.48 Å². The van der Waals surface area contributed by atoms with Crippen molar-refractivity contribution in [2.24, 2.45) is 5.92 Å². The molecule has 1 fully saturated rings. The summed E-state index contributed by atoms with van der Waals surface area (Å²) in [6, 6.07) is 7.51. The smallest absolute Gasteiger partial charge is 0.251 e. The summed E-state index contributed by atoms with van der Waals surface area (Å²) in [6.07, 6.45) is 2.66. The number of nitrogens with zero attached hydrogens (tertiary/aromatic N) is 3. The largest absolute Gasteiger partial charge is 0.350 e. The number of piperidine rings is 1. The molecule has 0 aliphatic carbocycles. The van der Waals surface area contributed by atoms with Gasteiger partial charge in [0.25, 0.3) is 5.91 Å². The predicted molar refractivity (Wildman–Crippen MR) is 122 cm³/mol. The number of carbonyl (C=O) groups is 1. The predicted octanol–water partition coefficient (Wildman–Crippen LogP) is 3.50. The van der Waals surface area contributed by atoms with Crippen molar-refractivity contribution in [2.75, 3.05) is 13.1 Å². The molecule has 31 heavy (non-hydrogen) atoms. The van der Waals surface area contributed by atoms with E-state index < -0.39 is 10.0 Å². The third-order valence-corrected chi connectivity index (χ3v) is 8.35. The fraction of sp³-hybridized carbons (Fsp3) is 0.565. The number of hydrogen-bond acceptors (Lipinski definition) is 4. The van der Waals surface area contributed by atoms with Gasteiger partial charge in [-0.15, -0.1) is 0 Å². The highest BCUT2D eigenvalue weighted by molar-refractivity contribution is 7.89. The fourth-order valence-electron chi connectivity index (χ4n) is 3.91. The first kappa shape index (κ1) is 23.5. The van der Waals surface area contributed by atoms with Gasteiger partial charge in [-0.1, -0.05) is 26.0 Å². The van der Waals surface area contributed by atoms with E-state index in [9.17, 15) is 13.2 Å². The second kappa shape index (κ2) is 9.53. The summed E-state index contributed by atoms with van der Waals surface area (Å²) in [4.78, 5) is 12.6. The highest BCUT2D eigenvalue weighted by Gasteiger charge is 2.32. The molecule has 1 aliphatic heterocycles. The van der Waals surface area contributed by atoms with Crippen molar-refractivity contribution in [1.29, 1.82) is 0 Å². The van der Waals surface area contributed by atoms with E-state index in [1.54, 1.807) is 28.0 Å². The van der Waals surface area contributed by atoms with E-state index in [4.69, 9.17) is 0 Å². The molecular weight excluding hydrogens is 412 g/mol. The zero-order chi connectivity index (χ0) is 22.8. The molecular formula is C23H34N4O3S. The Morgan fingerprint density at radius 3 is 2.39 bits per heavy atom. The minimum atomic E-state index is -3.55. The minimum Gasteiger partial charge on any atom is -0.350 e. The summed E-state index contributed by atoms with van der Waals surface area (Å²) >= 11 is 0. The molecule has 7 nitrogen and oxygen atoms in total. The standard InChI is InChI=1S/C23H34N4O3S/c1-6-17(3)24-23(28)21-9-7-20(8-10-21)15-27-19(5)22(18(4)25-27)31(29,30)26-13-11-16(2)12-14-26/h7-10,16-17H,6,11-15H2,1-5H3,(H,24,28)/t17-/m1/s1. The summed E-state index contributed by atoms with van der Waals surface area (Å²) in [5.74, 6) is 0.475. The van der Waals surface area contributed by atoms with Crippen molar-refractivity contribution in [3.63, 3.8) is 0 Å². The van der Waals surface area contributed by atoms with Crippen LogP contribution in [0.2, 0.25) is 0 Å².